The van der Waals surface area contributed by atoms with Crippen molar-refractivity contribution in [3.05, 3.63) is 35.7 Å². The maximum absolute atomic E-state index is 5.97. The van der Waals surface area contributed by atoms with Crippen molar-refractivity contribution in [3.63, 3.8) is 0 Å². The molecule has 0 bridgehead atoms. The van der Waals surface area contributed by atoms with Gasteiger partial charge in [0.25, 0.3) is 5.96 Å². The van der Waals surface area contributed by atoms with Crippen molar-refractivity contribution in [1.82, 2.24) is 9.97 Å². The van der Waals surface area contributed by atoms with Crippen LogP contribution in [0, 0.1) is 13.8 Å². The molecule has 2 rings (SSSR count). The third-order valence-electron chi connectivity index (χ3n) is 2.90. The lowest BCUT2D eigenvalue weighted by molar-refractivity contribution is -0.365. The molecule has 1 aromatic heterocycles. The first-order valence-corrected chi connectivity index (χ1v) is 6.72. The third kappa shape index (κ3) is 3.85. The Morgan fingerprint density at radius 3 is 2.36 bits per heavy atom. The number of guanidine groups is 1. The summed E-state index contributed by atoms with van der Waals surface area (Å²) in [6.45, 7) is 3.79. The monoisotopic (exact) mass is 302 g/mol. The SMILES string of the molecule is COc1ccc(OC)c(NC(N)=[NH+]c2nc(C)cc(C)n2)c1. The summed E-state index contributed by atoms with van der Waals surface area (Å²) in [5.74, 6) is 2.06. The Kier molecular flexibility index (Phi) is 4.77. The first-order valence-electron chi connectivity index (χ1n) is 6.72. The fraction of sp³-hybridized carbons (Fsp3) is 0.267. The molecule has 0 aliphatic heterocycles. The van der Waals surface area contributed by atoms with Crippen molar-refractivity contribution in [3.8, 4) is 11.5 Å². The van der Waals surface area contributed by atoms with Gasteiger partial charge < -0.3 is 15.2 Å². The van der Waals surface area contributed by atoms with E-state index in [0.717, 1.165) is 11.4 Å². The smallest absolute Gasteiger partial charge is 0.354 e. The highest BCUT2D eigenvalue weighted by atomic mass is 16.5. The van der Waals surface area contributed by atoms with Crippen LogP contribution in [0.15, 0.2) is 24.3 Å². The lowest BCUT2D eigenvalue weighted by atomic mass is 10.2. The van der Waals surface area contributed by atoms with Gasteiger partial charge in [0.2, 0.25) is 0 Å². The zero-order valence-electron chi connectivity index (χ0n) is 13.1. The van der Waals surface area contributed by atoms with E-state index < -0.39 is 0 Å². The highest BCUT2D eigenvalue weighted by Crippen LogP contribution is 2.28. The number of ether oxygens (including phenoxy) is 2. The molecular weight excluding hydrogens is 282 g/mol. The van der Waals surface area contributed by atoms with Gasteiger partial charge in [0.1, 0.15) is 11.4 Å². The number of rotatable bonds is 4. The van der Waals surface area contributed by atoms with Crippen molar-refractivity contribution in [2.75, 3.05) is 19.5 Å². The molecule has 0 unspecified atom stereocenters. The fourth-order valence-electron chi connectivity index (χ4n) is 1.99. The lowest BCUT2D eigenvalue weighted by Gasteiger charge is -2.09. The van der Waals surface area contributed by atoms with Crippen molar-refractivity contribution < 1.29 is 14.5 Å². The van der Waals surface area contributed by atoms with Crippen LogP contribution in [0.25, 0.3) is 0 Å². The van der Waals surface area contributed by atoms with Crippen LogP contribution in [0.1, 0.15) is 11.4 Å². The van der Waals surface area contributed by atoms with Gasteiger partial charge in [-0.2, -0.15) is 0 Å². The molecule has 0 saturated carbocycles. The molecule has 7 heteroatoms. The van der Waals surface area contributed by atoms with Crippen LogP contribution in [0.3, 0.4) is 0 Å². The molecule has 4 N–H and O–H groups in total. The van der Waals surface area contributed by atoms with Gasteiger partial charge in [-0.25, -0.2) is 4.99 Å². The number of hydrogen-bond donors (Lipinski definition) is 3. The Labute approximate surface area is 129 Å². The molecule has 0 spiro atoms. The van der Waals surface area contributed by atoms with Crippen LogP contribution < -0.4 is 25.5 Å². The Morgan fingerprint density at radius 2 is 1.77 bits per heavy atom. The molecule has 0 saturated heterocycles. The number of hydrogen-bond acceptors (Lipinski definition) is 4. The minimum Gasteiger partial charge on any atom is -0.497 e. The largest absolute Gasteiger partial charge is 0.497 e. The second kappa shape index (κ2) is 6.75. The van der Waals surface area contributed by atoms with Crippen LogP contribution in [0.5, 0.6) is 11.5 Å². The fourth-order valence-corrected chi connectivity index (χ4v) is 1.99. The normalized spacial score (nSPS) is 11.2. The highest BCUT2D eigenvalue weighted by Gasteiger charge is 2.10. The Bertz CT molecular complexity index is 680. The van der Waals surface area contributed by atoms with E-state index in [1.807, 2.05) is 19.9 Å². The Morgan fingerprint density at radius 1 is 1.09 bits per heavy atom. The molecule has 0 radical (unpaired) electrons. The van der Waals surface area contributed by atoms with Gasteiger partial charge in [-0.1, -0.05) is 0 Å². The van der Waals surface area contributed by atoms with E-state index in [2.05, 4.69) is 20.3 Å². The topological polar surface area (TPSA) is 96.3 Å². The summed E-state index contributed by atoms with van der Waals surface area (Å²) in [5, 5.41) is 3.02. The van der Waals surface area contributed by atoms with E-state index in [1.54, 1.807) is 32.4 Å². The quantitative estimate of drug-likeness (QED) is 0.553. The number of aryl methyl sites for hydroxylation is 2. The lowest BCUT2D eigenvalue weighted by Crippen LogP contribution is -2.72. The Hall–Kier alpha value is -2.83. The van der Waals surface area contributed by atoms with Crippen molar-refractivity contribution >= 4 is 17.6 Å². The molecule has 22 heavy (non-hydrogen) atoms. The maximum atomic E-state index is 5.97. The highest BCUT2D eigenvalue weighted by molar-refractivity contribution is 5.90. The van der Waals surface area contributed by atoms with Crippen LogP contribution in [-0.4, -0.2) is 30.1 Å². The summed E-state index contributed by atoms with van der Waals surface area (Å²) in [7, 11) is 3.18. The molecule has 0 aliphatic rings. The zero-order chi connectivity index (χ0) is 16.1. The van der Waals surface area contributed by atoms with Crippen LogP contribution in [0.4, 0.5) is 11.6 Å². The van der Waals surface area contributed by atoms with Gasteiger partial charge in [0.15, 0.2) is 5.75 Å². The second-order valence-corrected chi connectivity index (χ2v) is 4.70. The van der Waals surface area contributed by atoms with E-state index in [0.29, 0.717) is 23.1 Å². The standard InChI is InChI=1S/C15H19N5O2/c1-9-7-10(2)18-15(17-9)20-14(16)19-12-8-11(21-3)5-6-13(12)22-4/h5-8H,1-4H3,(H3,16,17,18,19,20)/p+1. The molecule has 1 aromatic carbocycles. The number of methoxy groups -OCH3 is 2. The summed E-state index contributed by atoms with van der Waals surface area (Å²) in [6.07, 6.45) is 0. The molecule has 0 amide bonds. The van der Waals surface area contributed by atoms with Gasteiger partial charge in [-0.3, -0.25) is 5.32 Å². The molecule has 116 valence electrons. The minimum absolute atomic E-state index is 0.288. The number of nitrogens with one attached hydrogen (secondary N) is 2. The zero-order valence-corrected chi connectivity index (χ0v) is 13.1. The predicted molar refractivity (Wildman–Crippen MR) is 84.5 cm³/mol. The van der Waals surface area contributed by atoms with Gasteiger partial charge in [0, 0.05) is 12.1 Å². The minimum atomic E-state index is 0.288. The van der Waals surface area contributed by atoms with E-state index in [-0.39, 0.29) is 5.96 Å². The molecule has 1 heterocycles. The molecule has 7 nitrogen and oxygen atoms in total. The van der Waals surface area contributed by atoms with Crippen molar-refractivity contribution in [1.29, 1.82) is 0 Å². The first kappa shape index (κ1) is 15.6. The van der Waals surface area contributed by atoms with Gasteiger partial charge in [0.05, 0.1) is 25.6 Å². The van der Waals surface area contributed by atoms with Crippen molar-refractivity contribution in [2.24, 2.45) is 5.73 Å². The molecule has 2 aromatic rings. The summed E-state index contributed by atoms with van der Waals surface area (Å²) in [4.78, 5) is 11.5. The Balaban J connectivity index is 2.27. The van der Waals surface area contributed by atoms with Gasteiger partial charge in [-0.15, -0.1) is 9.97 Å². The number of nitrogens with two attached hydrogens (primary N) is 1. The third-order valence-corrected chi connectivity index (χ3v) is 2.90. The summed E-state index contributed by atoms with van der Waals surface area (Å²) < 4.78 is 10.5. The van der Waals surface area contributed by atoms with Crippen LogP contribution in [0.2, 0.25) is 0 Å². The number of nitrogens with zero attached hydrogens (tertiary/aromatic N) is 2. The van der Waals surface area contributed by atoms with E-state index >= 15 is 0 Å². The average molecular weight is 302 g/mol. The average Bonchev–Trinajstić information content (AvgIpc) is 2.45. The molecule has 0 fully saturated rings. The maximum Gasteiger partial charge on any atom is 0.354 e. The number of anilines is 1. The van der Waals surface area contributed by atoms with Crippen LogP contribution in [-0.2, 0) is 0 Å². The van der Waals surface area contributed by atoms with E-state index in [1.165, 1.54) is 0 Å². The van der Waals surface area contributed by atoms with Gasteiger partial charge >= 0.3 is 5.95 Å². The summed E-state index contributed by atoms with van der Waals surface area (Å²) in [5.41, 5.74) is 8.37. The second-order valence-electron chi connectivity index (χ2n) is 4.70. The predicted octanol–water partition coefficient (Wildman–Crippen LogP) is 0.250. The molecule has 0 aliphatic carbocycles. The van der Waals surface area contributed by atoms with E-state index in [9.17, 15) is 0 Å². The molecular formula is C15H20N5O2+. The van der Waals surface area contributed by atoms with Gasteiger partial charge in [-0.05, 0) is 26.0 Å². The van der Waals surface area contributed by atoms with Crippen molar-refractivity contribution in [2.45, 2.75) is 13.8 Å². The first-order chi connectivity index (χ1) is 10.5. The number of aromatic nitrogens is 2. The number of benzene rings is 1. The van der Waals surface area contributed by atoms with E-state index in [4.69, 9.17) is 15.2 Å². The summed E-state index contributed by atoms with van der Waals surface area (Å²) in [6, 6.07) is 7.28. The molecule has 0 atom stereocenters. The summed E-state index contributed by atoms with van der Waals surface area (Å²) >= 11 is 0. The van der Waals surface area contributed by atoms with Crippen LogP contribution >= 0.6 is 0 Å².